The summed E-state index contributed by atoms with van der Waals surface area (Å²) in [7, 11) is -4.54. The summed E-state index contributed by atoms with van der Waals surface area (Å²) in [6.45, 7) is 6.62. The first-order chi connectivity index (χ1) is 15.8. The summed E-state index contributed by atoms with van der Waals surface area (Å²) in [4.78, 5) is 28.9. The van der Waals surface area contributed by atoms with Crippen molar-refractivity contribution in [2.75, 3.05) is 6.79 Å². The third kappa shape index (κ3) is 5.01. The molecular weight excluding hydrogens is 459 g/mol. The molecular formula is C25H43O8P. The Balaban J connectivity index is 1.44. The van der Waals surface area contributed by atoms with E-state index in [0.717, 1.165) is 57.8 Å². The second-order valence-corrected chi connectivity index (χ2v) is 13.5. The largest absolute Gasteiger partial charge is 0.481 e. The number of carboxylic acids is 1. The fourth-order valence-corrected chi connectivity index (χ4v) is 9.26. The molecule has 4 aliphatic rings. The van der Waals surface area contributed by atoms with Crippen LogP contribution in [-0.2, 0) is 18.6 Å². The average Bonchev–Trinajstić information content (AvgIpc) is 3.09. The summed E-state index contributed by atoms with van der Waals surface area (Å²) < 4.78 is 21.1. The van der Waals surface area contributed by atoms with Gasteiger partial charge in [-0.3, -0.25) is 9.32 Å². The van der Waals surface area contributed by atoms with E-state index in [4.69, 9.17) is 19.6 Å². The highest BCUT2D eigenvalue weighted by Crippen LogP contribution is 2.68. The smallest absolute Gasteiger partial charge is 0.471 e. The predicted octanol–water partition coefficient (Wildman–Crippen LogP) is 4.57. The van der Waals surface area contributed by atoms with Gasteiger partial charge in [-0.25, -0.2) is 4.57 Å². The highest BCUT2D eigenvalue weighted by atomic mass is 31.2. The highest BCUT2D eigenvalue weighted by molar-refractivity contribution is 7.46. The molecule has 0 aromatic carbocycles. The van der Waals surface area contributed by atoms with Crippen LogP contribution < -0.4 is 0 Å². The van der Waals surface area contributed by atoms with Gasteiger partial charge < -0.3 is 24.7 Å². The molecule has 0 saturated heterocycles. The summed E-state index contributed by atoms with van der Waals surface area (Å²) in [6.07, 6.45) is 8.40. The lowest BCUT2D eigenvalue weighted by atomic mass is 9.43. The van der Waals surface area contributed by atoms with Crippen molar-refractivity contribution in [1.82, 2.24) is 0 Å². The van der Waals surface area contributed by atoms with E-state index in [1.165, 1.54) is 0 Å². The molecule has 4 saturated carbocycles. The topological polar surface area (TPSA) is 134 Å². The number of carboxylic acid groups (broad SMARTS) is 1. The lowest BCUT2D eigenvalue weighted by Crippen LogP contribution is -2.58. The third-order valence-electron chi connectivity index (χ3n) is 10.7. The first kappa shape index (κ1) is 26.6. The van der Waals surface area contributed by atoms with E-state index in [9.17, 15) is 14.5 Å². The molecule has 4 rings (SSSR count). The Labute approximate surface area is 203 Å². The number of phosphoric acid groups is 1. The van der Waals surface area contributed by atoms with E-state index in [0.29, 0.717) is 35.5 Å². The molecule has 4 N–H and O–H groups in total. The number of hydrogen-bond donors (Lipinski definition) is 4. The Bertz CT molecular complexity index is 800. The fourth-order valence-electron chi connectivity index (χ4n) is 9.06. The van der Waals surface area contributed by atoms with Crippen LogP contribution in [-0.4, -0.2) is 45.0 Å². The van der Waals surface area contributed by atoms with Gasteiger partial charge in [0.1, 0.15) is 0 Å². The Hall–Kier alpha value is -0.500. The molecule has 4 fully saturated rings. The number of phosphoric ester groups is 1. The minimum Gasteiger partial charge on any atom is -0.481 e. The van der Waals surface area contributed by atoms with Crippen LogP contribution in [0.25, 0.3) is 0 Å². The van der Waals surface area contributed by atoms with Gasteiger partial charge in [-0.1, -0.05) is 20.8 Å². The third-order valence-corrected chi connectivity index (χ3v) is 11.2. The fraction of sp³-hybridized carbons (Fsp3) is 0.960. The minimum atomic E-state index is -4.54. The highest BCUT2D eigenvalue weighted by Gasteiger charge is 2.62. The molecule has 10 atom stereocenters. The van der Waals surface area contributed by atoms with Crippen LogP contribution in [0.2, 0.25) is 0 Å². The van der Waals surface area contributed by atoms with Crippen LogP contribution in [0, 0.1) is 46.3 Å². The summed E-state index contributed by atoms with van der Waals surface area (Å²) in [6, 6.07) is 0. The van der Waals surface area contributed by atoms with E-state index in [1.54, 1.807) is 0 Å². The van der Waals surface area contributed by atoms with Crippen molar-refractivity contribution in [3.63, 3.8) is 0 Å². The molecule has 0 aliphatic heterocycles. The van der Waals surface area contributed by atoms with Crippen LogP contribution in [0.15, 0.2) is 0 Å². The Kier molecular flexibility index (Phi) is 7.62. The molecule has 0 bridgehead atoms. The summed E-state index contributed by atoms with van der Waals surface area (Å²) >= 11 is 0. The average molecular weight is 503 g/mol. The second-order valence-electron chi connectivity index (χ2n) is 12.2. The van der Waals surface area contributed by atoms with Gasteiger partial charge in [-0.2, -0.15) is 0 Å². The Morgan fingerprint density at radius 3 is 2.41 bits per heavy atom. The van der Waals surface area contributed by atoms with E-state index >= 15 is 0 Å². The number of aliphatic hydroxyl groups is 1. The lowest BCUT2D eigenvalue weighted by molar-refractivity contribution is -0.183. The van der Waals surface area contributed by atoms with Crippen molar-refractivity contribution in [3.05, 3.63) is 0 Å². The van der Waals surface area contributed by atoms with Gasteiger partial charge in [0.05, 0.1) is 12.2 Å². The number of ether oxygens (including phenoxy) is 1. The maximum Gasteiger partial charge on any atom is 0.471 e. The molecule has 0 spiro atoms. The van der Waals surface area contributed by atoms with Gasteiger partial charge in [-0.05, 0) is 104 Å². The van der Waals surface area contributed by atoms with Crippen molar-refractivity contribution >= 4 is 13.8 Å². The quantitative estimate of drug-likeness (QED) is 0.280. The van der Waals surface area contributed by atoms with Gasteiger partial charge in [0.15, 0.2) is 6.79 Å². The van der Waals surface area contributed by atoms with Crippen molar-refractivity contribution < 1.29 is 38.6 Å². The summed E-state index contributed by atoms with van der Waals surface area (Å²) in [5.41, 5.74) is 0.311. The maximum absolute atomic E-state index is 11.4. The molecule has 4 aliphatic carbocycles. The molecule has 0 radical (unpaired) electrons. The summed E-state index contributed by atoms with van der Waals surface area (Å²) in [5.74, 6) is 1.77. The van der Waals surface area contributed by atoms with Crippen LogP contribution in [0.4, 0.5) is 0 Å². The second kappa shape index (κ2) is 9.75. The zero-order valence-electron chi connectivity index (χ0n) is 20.8. The van der Waals surface area contributed by atoms with Crippen molar-refractivity contribution in [3.8, 4) is 0 Å². The van der Waals surface area contributed by atoms with Crippen molar-refractivity contribution in [2.24, 2.45) is 46.3 Å². The van der Waals surface area contributed by atoms with Crippen LogP contribution in [0.1, 0.15) is 85.0 Å². The number of hydrogen-bond acceptors (Lipinski definition) is 5. The van der Waals surface area contributed by atoms with Gasteiger partial charge in [0.2, 0.25) is 0 Å². The Morgan fingerprint density at radius 2 is 1.74 bits per heavy atom. The first-order valence-electron chi connectivity index (χ1n) is 13.1. The van der Waals surface area contributed by atoms with Gasteiger partial charge >= 0.3 is 13.8 Å². The molecule has 9 heteroatoms. The van der Waals surface area contributed by atoms with Crippen molar-refractivity contribution in [2.45, 2.75) is 97.2 Å². The molecule has 0 aromatic rings. The van der Waals surface area contributed by atoms with Gasteiger partial charge in [0.25, 0.3) is 0 Å². The SMILES string of the molecule is C[C@H](CCC(=O)O)[C@H]1CCC2[C@@H]3[C@@H](O)C[C@@H]4C[C@H](OCOP(=O)(O)O)CC[C@]4(C)[C@H]3CC[C@@]21C. The monoisotopic (exact) mass is 502 g/mol. The normalized spacial score (nSPS) is 45.2. The molecule has 34 heavy (non-hydrogen) atoms. The molecule has 196 valence electrons. The standard InChI is InChI=1S/C25H43O8P/c1-15(4-7-22(27)28)18-5-6-19-23-20(9-11-25(18,19)3)24(2)10-8-17(12-16(24)13-21(23)26)32-14-33-34(29,30)31/h15-21,23,26H,4-14H2,1-3H3,(H,27,28)(H2,29,30,31)/t15-,16+,17-,18-,19?,20+,21+,23+,24+,25-/m1/s1. The van der Waals surface area contributed by atoms with Crippen LogP contribution in [0.3, 0.4) is 0 Å². The van der Waals surface area contributed by atoms with Crippen LogP contribution in [0.5, 0.6) is 0 Å². The molecule has 8 nitrogen and oxygen atoms in total. The number of aliphatic carboxylic acids is 1. The van der Waals surface area contributed by atoms with E-state index < -0.39 is 20.6 Å². The Morgan fingerprint density at radius 1 is 1.06 bits per heavy atom. The zero-order valence-corrected chi connectivity index (χ0v) is 21.7. The summed E-state index contributed by atoms with van der Waals surface area (Å²) in [5, 5.41) is 20.6. The number of aliphatic hydroxyl groups excluding tert-OH is 1. The van der Waals surface area contributed by atoms with Gasteiger partial charge in [0, 0.05) is 6.42 Å². The van der Waals surface area contributed by atoms with Crippen LogP contribution >= 0.6 is 7.82 Å². The van der Waals surface area contributed by atoms with Crippen molar-refractivity contribution in [1.29, 1.82) is 0 Å². The molecule has 0 heterocycles. The maximum atomic E-state index is 11.4. The van der Waals surface area contributed by atoms with Gasteiger partial charge in [-0.15, -0.1) is 0 Å². The van der Waals surface area contributed by atoms with E-state index in [-0.39, 0.29) is 29.5 Å². The zero-order chi connectivity index (χ0) is 24.9. The predicted molar refractivity (Wildman–Crippen MR) is 126 cm³/mol. The molecule has 1 unspecified atom stereocenters. The number of carbonyl (C=O) groups is 1. The lowest BCUT2D eigenvalue weighted by Gasteiger charge is -2.62. The number of rotatable bonds is 8. The minimum absolute atomic E-state index is 0.104. The number of fused-ring (bicyclic) bond motifs is 5. The first-order valence-corrected chi connectivity index (χ1v) is 14.6. The van der Waals surface area contributed by atoms with E-state index in [1.807, 2.05) is 0 Å². The molecule has 0 amide bonds. The van der Waals surface area contributed by atoms with E-state index in [2.05, 4.69) is 25.3 Å². The molecule has 0 aromatic heterocycles.